The van der Waals surface area contributed by atoms with E-state index in [1.807, 2.05) is 48.5 Å². The molecular formula is C24H33NO5. The van der Waals surface area contributed by atoms with Gasteiger partial charge < -0.3 is 24.1 Å². The molecule has 2 aromatic carbocycles. The molecule has 1 saturated heterocycles. The standard InChI is InChI=1S/C24H33NO5/c1-27-23-11-10-20(13-24(23)28-2)14-25(16-22-9-6-12-30-22)15-21(26)18-29-17-19-7-4-3-5-8-19/h3-5,7-8,10-11,13,21-22,26H,6,9,12,14-18H2,1-2H3/t21-,22+/m1/s1. The van der Waals surface area contributed by atoms with E-state index >= 15 is 0 Å². The van der Waals surface area contributed by atoms with Crippen molar-refractivity contribution in [2.45, 2.75) is 38.2 Å². The predicted octanol–water partition coefficient (Wildman–Crippen LogP) is 3.26. The summed E-state index contributed by atoms with van der Waals surface area (Å²) in [7, 11) is 3.27. The van der Waals surface area contributed by atoms with Gasteiger partial charge in [-0.05, 0) is 36.1 Å². The van der Waals surface area contributed by atoms with Gasteiger partial charge in [-0.3, -0.25) is 4.90 Å². The van der Waals surface area contributed by atoms with Crippen LogP contribution < -0.4 is 9.47 Å². The van der Waals surface area contributed by atoms with Crippen molar-refractivity contribution in [2.24, 2.45) is 0 Å². The van der Waals surface area contributed by atoms with Crippen LogP contribution in [0.4, 0.5) is 0 Å². The number of benzene rings is 2. The second kappa shape index (κ2) is 11.9. The van der Waals surface area contributed by atoms with Crippen LogP contribution in [0.1, 0.15) is 24.0 Å². The highest BCUT2D eigenvalue weighted by Gasteiger charge is 2.22. The van der Waals surface area contributed by atoms with Gasteiger partial charge in [0.15, 0.2) is 11.5 Å². The van der Waals surface area contributed by atoms with E-state index in [-0.39, 0.29) is 6.10 Å². The summed E-state index contributed by atoms with van der Waals surface area (Å²) < 4.78 is 22.3. The highest BCUT2D eigenvalue weighted by molar-refractivity contribution is 5.42. The first-order valence-corrected chi connectivity index (χ1v) is 10.5. The molecule has 1 heterocycles. The highest BCUT2D eigenvalue weighted by atomic mass is 16.5. The molecule has 0 aliphatic carbocycles. The third-order valence-corrected chi connectivity index (χ3v) is 5.23. The van der Waals surface area contributed by atoms with Crippen molar-refractivity contribution in [1.29, 1.82) is 0 Å². The van der Waals surface area contributed by atoms with Crippen LogP contribution in [0, 0.1) is 0 Å². The predicted molar refractivity (Wildman–Crippen MR) is 116 cm³/mol. The smallest absolute Gasteiger partial charge is 0.161 e. The lowest BCUT2D eigenvalue weighted by atomic mass is 10.1. The minimum atomic E-state index is -0.574. The van der Waals surface area contributed by atoms with Crippen LogP contribution >= 0.6 is 0 Å². The summed E-state index contributed by atoms with van der Waals surface area (Å²) in [5.74, 6) is 1.42. The molecule has 1 aliphatic heterocycles. The first-order valence-electron chi connectivity index (χ1n) is 10.5. The Kier molecular flexibility index (Phi) is 8.96. The zero-order valence-electron chi connectivity index (χ0n) is 18.0. The SMILES string of the molecule is COc1ccc(CN(C[C@@H](O)COCc2ccccc2)C[C@@H]2CCCO2)cc1OC. The van der Waals surface area contributed by atoms with Crippen LogP contribution in [0.3, 0.4) is 0 Å². The second-order valence-corrected chi connectivity index (χ2v) is 7.67. The van der Waals surface area contributed by atoms with E-state index in [2.05, 4.69) is 4.90 Å². The number of methoxy groups -OCH3 is 2. The Morgan fingerprint density at radius 1 is 1.07 bits per heavy atom. The van der Waals surface area contributed by atoms with Crippen molar-refractivity contribution in [3.05, 3.63) is 59.7 Å². The van der Waals surface area contributed by atoms with E-state index in [9.17, 15) is 5.11 Å². The minimum Gasteiger partial charge on any atom is -0.493 e. The summed E-state index contributed by atoms with van der Waals surface area (Å²) in [6, 6.07) is 15.9. The Bertz CT molecular complexity index is 749. The van der Waals surface area contributed by atoms with Crippen molar-refractivity contribution in [1.82, 2.24) is 4.90 Å². The van der Waals surface area contributed by atoms with Gasteiger partial charge in [0.1, 0.15) is 0 Å². The molecule has 1 N–H and O–H groups in total. The zero-order valence-corrected chi connectivity index (χ0v) is 18.0. The van der Waals surface area contributed by atoms with Crippen molar-refractivity contribution in [3.8, 4) is 11.5 Å². The fourth-order valence-electron chi connectivity index (χ4n) is 3.75. The molecule has 1 aliphatic rings. The van der Waals surface area contributed by atoms with E-state index in [1.54, 1.807) is 14.2 Å². The number of hydrogen-bond donors (Lipinski definition) is 1. The largest absolute Gasteiger partial charge is 0.493 e. The van der Waals surface area contributed by atoms with Gasteiger partial charge in [0, 0.05) is 26.2 Å². The number of aliphatic hydroxyl groups excluding tert-OH is 1. The number of hydrogen-bond acceptors (Lipinski definition) is 6. The molecule has 164 valence electrons. The quantitative estimate of drug-likeness (QED) is 0.574. The van der Waals surface area contributed by atoms with Gasteiger partial charge >= 0.3 is 0 Å². The lowest BCUT2D eigenvalue weighted by molar-refractivity contribution is -0.00288. The van der Waals surface area contributed by atoms with Gasteiger partial charge in [0.2, 0.25) is 0 Å². The molecule has 0 aromatic heterocycles. The van der Waals surface area contributed by atoms with Crippen molar-refractivity contribution in [2.75, 3.05) is 40.5 Å². The van der Waals surface area contributed by atoms with Gasteiger partial charge in [0.25, 0.3) is 0 Å². The van der Waals surface area contributed by atoms with Gasteiger partial charge in [-0.1, -0.05) is 36.4 Å². The van der Waals surface area contributed by atoms with Gasteiger partial charge in [-0.25, -0.2) is 0 Å². The molecule has 30 heavy (non-hydrogen) atoms. The second-order valence-electron chi connectivity index (χ2n) is 7.67. The average Bonchev–Trinajstić information content (AvgIpc) is 3.27. The first-order chi connectivity index (χ1) is 14.7. The molecule has 1 fully saturated rings. The summed E-state index contributed by atoms with van der Waals surface area (Å²) in [4.78, 5) is 2.23. The molecule has 0 radical (unpaired) electrons. The number of aliphatic hydroxyl groups is 1. The van der Waals surface area contributed by atoms with E-state index in [1.165, 1.54) is 0 Å². The fraction of sp³-hybridized carbons (Fsp3) is 0.500. The van der Waals surface area contributed by atoms with Gasteiger partial charge in [-0.2, -0.15) is 0 Å². The lowest BCUT2D eigenvalue weighted by Gasteiger charge is -2.27. The number of ether oxygens (including phenoxy) is 4. The maximum atomic E-state index is 10.6. The molecule has 0 saturated carbocycles. The molecule has 0 bridgehead atoms. The lowest BCUT2D eigenvalue weighted by Crippen LogP contribution is -2.39. The zero-order chi connectivity index (χ0) is 21.2. The van der Waals surface area contributed by atoms with Crippen LogP contribution in [-0.2, 0) is 22.6 Å². The minimum absolute atomic E-state index is 0.211. The molecule has 6 nitrogen and oxygen atoms in total. The van der Waals surface area contributed by atoms with E-state index in [4.69, 9.17) is 18.9 Å². The molecule has 0 spiro atoms. The Hall–Kier alpha value is -2.12. The summed E-state index contributed by atoms with van der Waals surface area (Å²) in [6.07, 6.45) is 1.79. The van der Waals surface area contributed by atoms with Crippen LogP contribution in [0.5, 0.6) is 11.5 Å². The van der Waals surface area contributed by atoms with Crippen LogP contribution in [0.2, 0.25) is 0 Å². The fourth-order valence-corrected chi connectivity index (χ4v) is 3.75. The Morgan fingerprint density at radius 3 is 2.57 bits per heavy atom. The van der Waals surface area contributed by atoms with Crippen molar-refractivity contribution in [3.63, 3.8) is 0 Å². The van der Waals surface area contributed by atoms with Crippen LogP contribution in [0.25, 0.3) is 0 Å². The van der Waals surface area contributed by atoms with Crippen LogP contribution in [0.15, 0.2) is 48.5 Å². The summed E-state index contributed by atoms with van der Waals surface area (Å²) in [5, 5.41) is 10.6. The molecule has 0 unspecified atom stereocenters. The maximum absolute atomic E-state index is 10.6. The topological polar surface area (TPSA) is 60.4 Å². The molecule has 0 amide bonds. The summed E-state index contributed by atoms with van der Waals surface area (Å²) in [5.41, 5.74) is 2.20. The molecule has 3 rings (SSSR count). The normalized spacial score (nSPS) is 17.3. The summed E-state index contributed by atoms with van der Waals surface area (Å²) in [6.45, 7) is 3.60. The summed E-state index contributed by atoms with van der Waals surface area (Å²) >= 11 is 0. The van der Waals surface area contributed by atoms with E-state index < -0.39 is 6.10 Å². The van der Waals surface area contributed by atoms with E-state index in [0.717, 1.165) is 37.1 Å². The first kappa shape index (κ1) is 22.6. The third kappa shape index (κ3) is 6.99. The van der Waals surface area contributed by atoms with Gasteiger partial charge in [0.05, 0.1) is 39.6 Å². The highest BCUT2D eigenvalue weighted by Crippen LogP contribution is 2.28. The Morgan fingerprint density at radius 2 is 1.87 bits per heavy atom. The Labute approximate surface area is 179 Å². The van der Waals surface area contributed by atoms with E-state index in [0.29, 0.717) is 37.8 Å². The maximum Gasteiger partial charge on any atom is 0.161 e. The molecule has 6 heteroatoms. The monoisotopic (exact) mass is 415 g/mol. The van der Waals surface area contributed by atoms with Crippen LogP contribution in [-0.4, -0.2) is 62.7 Å². The number of nitrogens with zero attached hydrogens (tertiary/aromatic N) is 1. The van der Waals surface area contributed by atoms with Crippen molar-refractivity contribution < 1.29 is 24.1 Å². The average molecular weight is 416 g/mol. The molecule has 2 aromatic rings. The number of rotatable bonds is 12. The van der Waals surface area contributed by atoms with Crippen molar-refractivity contribution >= 4 is 0 Å². The molecular weight excluding hydrogens is 382 g/mol. The third-order valence-electron chi connectivity index (χ3n) is 5.23. The van der Waals surface area contributed by atoms with Gasteiger partial charge in [-0.15, -0.1) is 0 Å². The molecule has 2 atom stereocenters. The Balaban J connectivity index is 1.57.